The number of hydrogen-bond donors (Lipinski definition) is 0. The van der Waals surface area contributed by atoms with Crippen molar-refractivity contribution < 1.29 is 28.6 Å². The molecule has 3 rings (SSSR count). The second-order valence-corrected chi connectivity index (χ2v) is 6.13. The van der Waals surface area contributed by atoms with E-state index in [-0.39, 0.29) is 17.2 Å². The average molecular weight is 384 g/mol. The highest BCUT2D eigenvalue weighted by atomic mass is 16.5. The van der Waals surface area contributed by atoms with Crippen LogP contribution in [0.15, 0.2) is 53.9 Å². The fourth-order valence-electron chi connectivity index (χ4n) is 3.02. The van der Waals surface area contributed by atoms with E-state index in [4.69, 9.17) is 14.2 Å². The third-order valence-corrected chi connectivity index (χ3v) is 4.45. The van der Waals surface area contributed by atoms with Crippen molar-refractivity contribution in [1.82, 2.24) is 0 Å². The maximum Gasteiger partial charge on any atom is 0.355 e. The lowest BCUT2D eigenvalue weighted by atomic mass is 10.1. The fourth-order valence-corrected chi connectivity index (χ4v) is 3.02. The average Bonchev–Trinajstić information content (AvgIpc) is 2.93. The summed E-state index contributed by atoms with van der Waals surface area (Å²) < 4.78 is 15.4. The minimum Gasteiger partial charge on any atom is -0.479 e. The van der Waals surface area contributed by atoms with Crippen LogP contribution >= 0.6 is 0 Å². The SMILES string of the molecule is COC(=O)C1=C(C(=O)OC)N(c2ccc3c(c2)OC(C)C(=O)N3C)C=CC=C1. The van der Waals surface area contributed by atoms with Gasteiger partial charge in [-0.3, -0.25) is 4.79 Å². The van der Waals surface area contributed by atoms with Gasteiger partial charge in [0.25, 0.3) is 5.91 Å². The Hall–Kier alpha value is -3.55. The summed E-state index contributed by atoms with van der Waals surface area (Å²) in [4.78, 5) is 39.8. The molecule has 0 aromatic heterocycles. The molecule has 1 aromatic carbocycles. The number of ether oxygens (including phenoxy) is 3. The first-order chi connectivity index (χ1) is 13.4. The van der Waals surface area contributed by atoms with E-state index in [0.29, 0.717) is 17.1 Å². The molecule has 1 unspecified atom stereocenters. The number of allylic oxidation sites excluding steroid dienone is 2. The summed E-state index contributed by atoms with van der Waals surface area (Å²) in [6, 6.07) is 5.13. The van der Waals surface area contributed by atoms with Crippen LogP contribution in [-0.2, 0) is 23.9 Å². The van der Waals surface area contributed by atoms with Crippen molar-refractivity contribution in [1.29, 1.82) is 0 Å². The van der Waals surface area contributed by atoms with Gasteiger partial charge in [0, 0.05) is 25.0 Å². The third kappa shape index (κ3) is 3.24. The van der Waals surface area contributed by atoms with Crippen molar-refractivity contribution in [2.45, 2.75) is 13.0 Å². The molecule has 0 spiro atoms. The molecule has 0 bridgehead atoms. The minimum absolute atomic E-state index is 0.00703. The zero-order valence-electron chi connectivity index (χ0n) is 16.0. The largest absolute Gasteiger partial charge is 0.479 e. The molecule has 28 heavy (non-hydrogen) atoms. The van der Waals surface area contributed by atoms with Crippen LogP contribution in [0.2, 0.25) is 0 Å². The monoisotopic (exact) mass is 384 g/mol. The first kappa shape index (κ1) is 19.2. The maximum absolute atomic E-state index is 12.5. The minimum atomic E-state index is -0.698. The maximum atomic E-state index is 12.5. The molecule has 0 fully saturated rings. The lowest BCUT2D eigenvalue weighted by Crippen LogP contribution is -2.42. The van der Waals surface area contributed by atoms with Crippen molar-refractivity contribution in [3.05, 3.63) is 53.9 Å². The van der Waals surface area contributed by atoms with Gasteiger partial charge < -0.3 is 24.0 Å². The van der Waals surface area contributed by atoms with Gasteiger partial charge in [-0.1, -0.05) is 6.08 Å². The van der Waals surface area contributed by atoms with E-state index in [1.54, 1.807) is 50.5 Å². The molecule has 2 aliphatic heterocycles. The highest BCUT2D eigenvalue weighted by molar-refractivity contribution is 6.06. The van der Waals surface area contributed by atoms with E-state index in [9.17, 15) is 14.4 Å². The molecule has 2 heterocycles. The molecule has 0 radical (unpaired) electrons. The Labute approximate surface area is 162 Å². The number of likely N-dealkylation sites (N-methyl/N-ethyl adjacent to an activating group) is 1. The lowest BCUT2D eigenvalue weighted by molar-refractivity contribution is -0.139. The molecule has 8 nitrogen and oxygen atoms in total. The van der Waals surface area contributed by atoms with Crippen molar-refractivity contribution in [3.63, 3.8) is 0 Å². The Morgan fingerprint density at radius 3 is 2.50 bits per heavy atom. The summed E-state index contributed by atoms with van der Waals surface area (Å²) in [6.45, 7) is 1.67. The number of fused-ring (bicyclic) bond motifs is 1. The lowest BCUT2D eigenvalue weighted by Gasteiger charge is -2.31. The summed E-state index contributed by atoms with van der Waals surface area (Å²) in [7, 11) is 4.14. The van der Waals surface area contributed by atoms with Crippen LogP contribution in [-0.4, -0.2) is 45.2 Å². The number of hydrogen-bond acceptors (Lipinski definition) is 7. The number of methoxy groups -OCH3 is 2. The van der Waals surface area contributed by atoms with E-state index < -0.39 is 18.0 Å². The van der Waals surface area contributed by atoms with Crippen molar-refractivity contribution >= 4 is 29.2 Å². The van der Waals surface area contributed by atoms with Gasteiger partial charge in [-0.05, 0) is 31.2 Å². The molecule has 8 heteroatoms. The van der Waals surface area contributed by atoms with Crippen LogP contribution in [0.3, 0.4) is 0 Å². The Morgan fingerprint density at radius 1 is 1.11 bits per heavy atom. The van der Waals surface area contributed by atoms with E-state index in [2.05, 4.69) is 0 Å². The van der Waals surface area contributed by atoms with Gasteiger partial charge in [-0.15, -0.1) is 0 Å². The number of rotatable bonds is 3. The molecule has 0 N–H and O–H groups in total. The zero-order valence-corrected chi connectivity index (χ0v) is 16.0. The van der Waals surface area contributed by atoms with Gasteiger partial charge in [0.15, 0.2) is 6.10 Å². The van der Waals surface area contributed by atoms with Crippen molar-refractivity contribution in [3.8, 4) is 5.75 Å². The van der Waals surface area contributed by atoms with E-state index in [1.165, 1.54) is 30.1 Å². The number of nitrogens with zero attached hydrogens (tertiary/aromatic N) is 2. The Kier molecular flexibility index (Phi) is 5.21. The number of amides is 1. The highest BCUT2D eigenvalue weighted by Gasteiger charge is 2.31. The molecule has 0 aliphatic carbocycles. The second-order valence-electron chi connectivity index (χ2n) is 6.13. The highest BCUT2D eigenvalue weighted by Crippen LogP contribution is 2.38. The summed E-state index contributed by atoms with van der Waals surface area (Å²) in [5.74, 6) is -1.03. The first-order valence-corrected chi connectivity index (χ1v) is 8.52. The molecule has 2 aliphatic rings. The third-order valence-electron chi connectivity index (χ3n) is 4.45. The van der Waals surface area contributed by atoms with Crippen LogP contribution < -0.4 is 14.5 Å². The van der Waals surface area contributed by atoms with Crippen LogP contribution in [0.5, 0.6) is 5.75 Å². The molecule has 146 valence electrons. The summed E-state index contributed by atoms with van der Waals surface area (Å²) in [6.07, 6.45) is 5.78. The van der Waals surface area contributed by atoms with Crippen LogP contribution in [0, 0.1) is 0 Å². The molecule has 1 amide bonds. The van der Waals surface area contributed by atoms with Crippen molar-refractivity contribution in [2.75, 3.05) is 31.1 Å². The molecular weight excluding hydrogens is 364 g/mol. The van der Waals surface area contributed by atoms with Gasteiger partial charge in [-0.2, -0.15) is 0 Å². The molecule has 0 saturated heterocycles. The predicted molar refractivity (Wildman–Crippen MR) is 102 cm³/mol. The van der Waals surface area contributed by atoms with Gasteiger partial charge >= 0.3 is 11.9 Å². The van der Waals surface area contributed by atoms with Gasteiger partial charge in [0.1, 0.15) is 11.4 Å². The first-order valence-electron chi connectivity index (χ1n) is 8.52. The van der Waals surface area contributed by atoms with Crippen LogP contribution in [0.25, 0.3) is 0 Å². The zero-order chi connectivity index (χ0) is 20.4. The Balaban J connectivity index is 2.13. The fraction of sp³-hybridized carbons (Fsp3) is 0.250. The Bertz CT molecular complexity index is 931. The summed E-state index contributed by atoms with van der Waals surface area (Å²) in [5.41, 5.74) is 1.22. The van der Waals surface area contributed by atoms with Gasteiger partial charge in [-0.25, -0.2) is 9.59 Å². The van der Waals surface area contributed by atoms with Crippen molar-refractivity contribution in [2.24, 2.45) is 0 Å². The quantitative estimate of drug-likeness (QED) is 0.736. The summed E-state index contributed by atoms with van der Waals surface area (Å²) in [5, 5.41) is 0. The molecule has 1 atom stereocenters. The number of carbonyl (C=O) groups excluding carboxylic acids is 3. The number of anilines is 2. The van der Waals surface area contributed by atoms with Gasteiger partial charge in [0.2, 0.25) is 0 Å². The number of carbonyl (C=O) groups is 3. The second kappa shape index (κ2) is 7.59. The molecular formula is C20H20N2O6. The molecule has 1 aromatic rings. The van der Waals surface area contributed by atoms with E-state index >= 15 is 0 Å². The van der Waals surface area contributed by atoms with E-state index in [0.717, 1.165) is 0 Å². The number of benzene rings is 1. The van der Waals surface area contributed by atoms with Gasteiger partial charge in [0.05, 0.1) is 25.5 Å². The predicted octanol–water partition coefficient (Wildman–Crippen LogP) is 1.92. The smallest absolute Gasteiger partial charge is 0.355 e. The van der Waals surface area contributed by atoms with E-state index in [1.807, 2.05) is 0 Å². The normalized spacial score (nSPS) is 18.4. The van der Waals surface area contributed by atoms with Crippen LogP contribution in [0.1, 0.15) is 6.92 Å². The molecule has 0 saturated carbocycles. The number of esters is 2. The Morgan fingerprint density at radius 2 is 1.82 bits per heavy atom. The topological polar surface area (TPSA) is 85.4 Å². The van der Waals surface area contributed by atoms with Crippen LogP contribution in [0.4, 0.5) is 11.4 Å². The summed E-state index contributed by atoms with van der Waals surface area (Å²) >= 11 is 0. The standard InChI is InChI=1S/C20H20N2O6/c1-12-18(23)21(2)15-9-8-13(11-16(15)28-12)22-10-6-5-7-14(19(24)26-3)17(22)20(25)27-4/h5-12H,1-4H3.